The van der Waals surface area contributed by atoms with Gasteiger partial charge in [-0.1, -0.05) is 39.5 Å². The molecule has 0 radical (unpaired) electrons. The predicted octanol–water partition coefficient (Wildman–Crippen LogP) is 2.59. The Balaban J connectivity index is 2.97. The van der Waals surface area contributed by atoms with Crippen molar-refractivity contribution < 1.29 is 5.11 Å². The number of hydrogen-bond acceptors (Lipinski definition) is 1. The lowest BCUT2D eigenvalue weighted by atomic mass is 10.0. The van der Waals surface area contributed by atoms with Crippen LogP contribution in [0.2, 0.25) is 0 Å². The van der Waals surface area contributed by atoms with Crippen molar-refractivity contribution in [3.05, 3.63) is 0 Å². The number of rotatable bonds is 6. The maximum atomic E-state index is 8.59. The molecular formula is C9H20O. The molecule has 0 unspecified atom stereocenters. The van der Waals surface area contributed by atoms with Gasteiger partial charge in [0.25, 0.3) is 0 Å². The van der Waals surface area contributed by atoms with Crippen molar-refractivity contribution in [1.82, 2.24) is 0 Å². The Labute approximate surface area is 64.5 Å². The van der Waals surface area contributed by atoms with Crippen LogP contribution in [0.4, 0.5) is 0 Å². The molecular weight excluding hydrogens is 124 g/mol. The van der Waals surface area contributed by atoms with Crippen LogP contribution in [0.15, 0.2) is 0 Å². The first-order valence-electron chi connectivity index (χ1n) is 4.42. The molecule has 0 rings (SSSR count). The fraction of sp³-hybridized carbons (Fsp3) is 1.00. The number of hydrogen-bond donors (Lipinski definition) is 1. The summed E-state index contributed by atoms with van der Waals surface area (Å²) < 4.78 is 0. The third-order valence-electron chi connectivity index (χ3n) is 1.92. The van der Waals surface area contributed by atoms with Gasteiger partial charge in [-0.3, -0.25) is 0 Å². The standard InChI is InChI=1S/C9H20O/c1-3-4-5-6-9(2)7-8-10/h9-10H,3-8H2,1-2H3/t9-/m0/s1. The molecule has 0 saturated carbocycles. The van der Waals surface area contributed by atoms with E-state index in [0.29, 0.717) is 6.61 Å². The van der Waals surface area contributed by atoms with Crippen molar-refractivity contribution >= 4 is 0 Å². The molecule has 0 aliphatic rings. The zero-order chi connectivity index (χ0) is 7.82. The lowest BCUT2D eigenvalue weighted by Gasteiger charge is -2.07. The van der Waals surface area contributed by atoms with Gasteiger partial charge in [0.1, 0.15) is 0 Å². The average Bonchev–Trinajstić information content (AvgIpc) is 1.89. The third kappa shape index (κ3) is 6.09. The second-order valence-corrected chi connectivity index (χ2v) is 3.11. The van der Waals surface area contributed by atoms with E-state index in [-0.39, 0.29) is 0 Å². The van der Waals surface area contributed by atoms with Crippen LogP contribution in [0.1, 0.15) is 46.0 Å². The van der Waals surface area contributed by atoms with Crippen molar-refractivity contribution in [2.45, 2.75) is 46.0 Å². The summed E-state index contributed by atoms with van der Waals surface area (Å²) in [6, 6.07) is 0. The van der Waals surface area contributed by atoms with Crippen LogP contribution >= 0.6 is 0 Å². The summed E-state index contributed by atoms with van der Waals surface area (Å²) in [5.74, 6) is 0.719. The first kappa shape index (κ1) is 9.96. The molecule has 0 aromatic rings. The number of unbranched alkanes of at least 4 members (excludes halogenated alkanes) is 2. The fourth-order valence-electron chi connectivity index (χ4n) is 1.11. The van der Waals surface area contributed by atoms with E-state index >= 15 is 0 Å². The van der Waals surface area contributed by atoms with E-state index in [1.165, 1.54) is 25.7 Å². The fourth-order valence-corrected chi connectivity index (χ4v) is 1.11. The quantitative estimate of drug-likeness (QED) is 0.568. The largest absolute Gasteiger partial charge is 0.396 e. The number of aliphatic hydroxyl groups excluding tert-OH is 1. The van der Waals surface area contributed by atoms with E-state index in [1.807, 2.05) is 0 Å². The van der Waals surface area contributed by atoms with E-state index in [1.54, 1.807) is 0 Å². The van der Waals surface area contributed by atoms with Crippen molar-refractivity contribution in [3.8, 4) is 0 Å². The van der Waals surface area contributed by atoms with E-state index in [2.05, 4.69) is 13.8 Å². The summed E-state index contributed by atoms with van der Waals surface area (Å²) in [6.07, 6.45) is 6.23. The predicted molar refractivity (Wildman–Crippen MR) is 45.0 cm³/mol. The van der Waals surface area contributed by atoms with Crippen LogP contribution in [-0.4, -0.2) is 11.7 Å². The van der Waals surface area contributed by atoms with Crippen molar-refractivity contribution in [2.24, 2.45) is 5.92 Å². The van der Waals surface area contributed by atoms with Gasteiger partial charge in [0.05, 0.1) is 0 Å². The molecule has 0 heterocycles. The monoisotopic (exact) mass is 144 g/mol. The molecule has 1 nitrogen and oxygen atoms in total. The molecule has 0 amide bonds. The molecule has 62 valence electrons. The zero-order valence-corrected chi connectivity index (χ0v) is 7.27. The smallest absolute Gasteiger partial charge is 0.0433 e. The molecule has 0 bridgehead atoms. The van der Waals surface area contributed by atoms with Gasteiger partial charge in [-0.15, -0.1) is 0 Å². The normalized spacial score (nSPS) is 13.5. The third-order valence-corrected chi connectivity index (χ3v) is 1.92. The first-order chi connectivity index (χ1) is 4.81. The second-order valence-electron chi connectivity index (χ2n) is 3.11. The minimum absolute atomic E-state index is 0.354. The van der Waals surface area contributed by atoms with Crippen LogP contribution < -0.4 is 0 Å². The Morgan fingerprint density at radius 3 is 2.40 bits per heavy atom. The molecule has 0 aliphatic heterocycles. The van der Waals surface area contributed by atoms with Gasteiger partial charge < -0.3 is 5.11 Å². The molecule has 10 heavy (non-hydrogen) atoms. The highest BCUT2D eigenvalue weighted by molar-refractivity contribution is 4.51. The van der Waals surface area contributed by atoms with E-state index < -0.39 is 0 Å². The molecule has 0 saturated heterocycles. The van der Waals surface area contributed by atoms with Gasteiger partial charge in [-0.05, 0) is 12.3 Å². The average molecular weight is 144 g/mol. The topological polar surface area (TPSA) is 20.2 Å². The zero-order valence-electron chi connectivity index (χ0n) is 7.27. The van der Waals surface area contributed by atoms with E-state index in [9.17, 15) is 0 Å². The van der Waals surface area contributed by atoms with Crippen molar-refractivity contribution in [1.29, 1.82) is 0 Å². The molecule has 0 aromatic carbocycles. The maximum absolute atomic E-state index is 8.59. The highest BCUT2D eigenvalue weighted by Crippen LogP contribution is 2.11. The number of aliphatic hydroxyl groups is 1. The van der Waals surface area contributed by atoms with Crippen LogP contribution in [0.5, 0.6) is 0 Å². The summed E-state index contributed by atoms with van der Waals surface area (Å²) >= 11 is 0. The van der Waals surface area contributed by atoms with E-state index in [4.69, 9.17) is 5.11 Å². The molecule has 0 aromatic heterocycles. The van der Waals surface area contributed by atoms with Gasteiger partial charge in [0.2, 0.25) is 0 Å². The Bertz CT molecular complexity index is 61.7. The Morgan fingerprint density at radius 1 is 1.20 bits per heavy atom. The minimum Gasteiger partial charge on any atom is -0.396 e. The van der Waals surface area contributed by atoms with E-state index in [0.717, 1.165) is 12.3 Å². The van der Waals surface area contributed by atoms with Gasteiger partial charge >= 0.3 is 0 Å². The first-order valence-corrected chi connectivity index (χ1v) is 4.42. The highest BCUT2D eigenvalue weighted by Gasteiger charge is 1.98. The summed E-state index contributed by atoms with van der Waals surface area (Å²) in [5.41, 5.74) is 0. The molecule has 0 aliphatic carbocycles. The minimum atomic E-state index is 0.354. The SMILES string of the molecule is CCCCC[C@H](C)CCO. The molecule has 1 atom stereocenters. The summed E-state index contributed by atoms with van der Waals surface area (Å²) in [7, 11) is 0. The highest BCUT2D eigenvalue weighted by atomic mass is 16.2. The van der Waals surface area contributed by atoms with Crippen LogP contribution in [0.3, 0.4) is 0 Å². The lowest BCUT2D eigenvalue weighted by molar-refractivity contribution is 0.256. The van der Waals surface area contributed by atoms with Gasteiger partial charge in [0, 0.05) is 6.61 Å². The molecule has 0 spiro atoms. The van der Waals surface area contributed by atoms with Gasteiger partial charge in [0.15, 0.2) is 0 Å². The van der Waals surface area contributed by atoms with Crippen molar-refractivity contribution in [2.75, 3.05) is 6.61 Å². The van der Waals surface area contributed by atoms with Crippen LogP contribution in [0, 0.1) is 5.92 Å². The molecule has 1 heteroatoms. The lowest BCUT2D eigenvalue weighted by Crippen LogP contribution is -1.97. The Hall–Kier alpha value is -0.0400. The Morgan fingerprint density at radius 2 is 1.90 bits per heavy atom. The molecule has 1 N–H and O–H groups in total. The maximum Gasteiger partial charge on any atom is 0.0433 e. The Kier molecular flexibility index (Phi) is 7.04. The van der Waals surface area contributed by atoms with Crippen LogP contribution in [-0.2, 0) is 0 Å². The van der Waals surface area contributed by atoms with Gasteiger partial charge in [-0.2, -0.15) is 0 Å². The molecule has 0 fully saturated rings. The van der Waals surface area contributed by atoms with Crippen molar-refractivity contribution in [3.63, 3.8) is 0 Å². The summed E-state index contributed by atoms with van der Waals surface area (Å²) in [6.45, 7) is 4.79. The van der Waals surface area contributed by atoms with Crippen LogP contribution in [0.25, 0.3) is 0 Å². The summed E-state index contributed by atoms with van der Waals surface area (Å²) in [4.78, 5) is 0. The van der Waals surface area contributed by atoms with Gasteiger partial charge in [-0.25, -0.2) is 0 Å². The summed E-state index contributed by atoms with van der Waals surface area (Å²) in [5, 5.41) is 8.59. The second kappa shape index (κ2) is 7.07.